The molecule has 1 saturated carbocycles. The van der Waals surface area contributed by atoms with E-state index in [0.29, 0.717) is 5.56 Å². The first-order valence-corrected chi connectivity index (χ1v) is 8.92. The molecule has 0 heterocycles. The lowest BCUT2D eigenvalue weighted by Crippen LogP contribution is -2.36. The van der Waals surface area contributed by atoms with Gasteiger partial charge in [-0.05, 0) is 36.6 Å². The van der Waals surface area contributed by atoms with Crippen LogP contribution in [0.5, 0.6) is 5.75 Å². The Bertz CT molecular complexity index is 742. The molecule has 1 aromatic carbocycles. The van der Waals surface area contributed by atoms with Crippen molar-refractivity contribution in [1.82, 2.24) is 5.32 Å². The van der Waals surface area contributed by atoms with E-state index in [0.717, 1.165) is 25.7 Å². The van der Waals surface area contributed by atoms with Crippen LogP contribution in [0.3, 0.4) is 0 Å². The molecule has 0 radical (unpaired) electrons. The average Bonchev–Trinajstić information content (AvgIpc) is 2.59. The van der Waals surface area contributed by atoms with Crippen LogP contribution in [-0.4, -0.2) is 29.6 Å². The van der Waals surface area contributed by atoms with E-state index >= 15 is 0 Å². The minimum Gasteiger partial charge on any atom is -0.479 e. The molecule has 138 valence electrons. The number of hydrogen-bond donors (Lipinski definition) is 2. The third kappa shape index (κ3) is 5.65. The highest BCUT2D eigenvalue weighted by atomic mass is 35.5. The molecular formula is C18H18Cl2N2O4. The molecule has 6 nitrogen and oxygen atoms in total. The van der Waals surface area contributed by atoms with E-state index in [9.17, 15) is 14.9 Å². The average molecular weight is 397 g/mol. The molecule has 0 atom stereocenters. The predicted molar refractivity (Wildman–Crippen MR) is 98.2 cm³/mol. The lowest BCUT2D eigenvalue weighted by Gasteiger charge is -2.22. The van der Waals surface area contributed by atoms with E-state index in [1.54, 1.807) is 0 Å². The molecule has 2 N–H and O–H groups in total. The fraction of sp³-hybridized carbons (Fsp3) is 0.389. The number of nitrogens with one attached hydrogen (secondary N) is 1. The van der Waals surface area contributed by atoms with Gasteiger partial charge in [-0.1, -0.05) is 42.5 Å². The van der Waals surface area contributed by atoms with Crippen LogP contribution in [0.1, 0.15) is 37.7 Å². The summed E-state index contributed by atoms with van der Waals surface area (Å²) in [6.07, 6.45) is 6.52. The van der Waals surface area contributed by atoms with Gasteiger partial charge in [0, 0.05) is 6.04 Å². The highest BCUT2D eigenvalue weighted by molar-refractivity contribution is 6.37. The Morgan fingerprint density at radius 2 is 1.88 bits per heavy atom. The normalized spacial score (nSPS) is 15.2. The van der Waals surface area contributed by atoms with Gasteiger partial charge >= 0.3 is 5.97 Å². The van der Waals surface area contributed by atoms with Crippen molar-refractivity contribution in [3.8, 4) is 11.8 Å². The third-order valence-corrected chi connectivity index (χ3v) is 4.54. The van der Waals surface area contributed by atoms with Gasteiger partial charge in [0.25, 0.3) is 5.91 Å². The highest BCUT2D eigenvalue weighted by Crippen LogP contribution is 2.34. The first-order valence-electron chi connectivity index (χ1n) is 8.17. The van der Waals surface area contributed by atoms with E-state index < -0.39 is 18.5 Å². The summed E-state index contributed by atoms with van der Waals surface area (Å²) in [5, 5.41) is 21.0. The van der Waals surface area contributed by atoms with Crippen molar-refractivity contribution in [2.24, 2.45) is 0 Å². The van der Waals surface area contributed by atoms with Crippen molar-refractivity contribution in [2.45, 2.75) is 38.1 Å². The molecule has 0 aromatic heterocycles. The summed E-state index contributed by atoms with van der Waals surface area (Å²) in [4.78, 5) is 22.9. The number of carbonyl (C=O) groups excluding carboxylic acids is 1. The number of carboxylic acid groups (broad SMARTS) is 1. The Morgan fingerprint density at radius 1 is 1.27 bits per heavy atom. The molecule has 1 aliphatic carbocycles. The first kappa shape index (κ1) is 20.1. The first-order chi connectivity index (χ1) is 12.4. The third-order valence-electron chi connectivity index (χ3n) is 3.98. The summed E-state index contributed by atoms with van der Waals surface area (Å²) >= 11 is 12.1. The van der Waals surface area contributed by atoms with Crippen molar-refractivity contribution < 1.29 is 19.4 Å². The molecule has 1 amide bonds. The maximum absolute atomic E-state index is 12.3. The second-order valence-corrected chi connectivity index (χ2v) is 6.79. The summed E-state index contributed by atoms with van der Waals surface area (Å²) in [5.41, 5.74) is 0.389. The number of hydrogen-bond acceptors (Lipinski definition) is 4. The van der Waals surface area contributed by atoms with Crippen molar-refractivity contribution in [1.29, 1.82) is 5.26 Å². The van der Waals surface area contributed by atoms with E-state index in [4.69, 9.17) is 33.0 Å². The van der Waals surface area contributed by atoms with Crippen LogP contribution < -0.4 is 10.1 Å². The number of ether oxygens (including phenoxy) is 1. The van der Waals surface area contributed by atoms with E-state index in [1.807, 2.05) is 6.07 Å². The summed E-state index contributed by atoms with van der Waals surface area (Å²) in [6.45, 7) is -0.581. The minimum atomic E-state index is -1.16. The van der Waals surface area contributed by atoms with Gasteiger partial charge in [0.15, 0.2) is 12.4 Å². The van der Waals surface area contributed by atoms with Crippen LogP contribution in [0.4, 0.5) is 0 Å². The molecule has 26 heavy (non-hydrogen) atoms. The van der Waals surface area contributed by atoms with Crippen molar-refractivity contribution in [3.63, 3.8) is 0 Å². The summed E-state index contributed by atoms with van der Waals surface area (Å²) in [7, 11) is 0. The zero-order chi connectivity index (χ0) is 19.1. The number of carbonyl (C=O) groups is 2. The minimum absolute atomic E-state index is 0.0399. The zero-order valence-corrected chi connectivity index (χ0v) is 15.4. The van der Waals surface area contributed by atoms with Gasteiger partial charge in [-0.3, -0.25) is 4.79 Å². The van der Waals surface area contributed by atoms with Crippen molar-refractivity contribution in [3.05, 3.63) is 33.3 Å². The standard InChI is InChI=1S/C18H18Cl2N2O4/c19-14-7-11(8-15(20)17(14)26-10-16(23)24)6-12(9-21)18(25)22-13-4-2-1-3-5-13/h6-8,13H,1-5,10H2,(H,22,25)(H,23,24)/b12-6+. The Kier molecular flexibility index (Phi) is 7.31. The van der Waals surface area contributed by atoms with Gasteiger partial charge in [-0.15, -0.1) is 0 Å². The fourth-order valence-corrected chi connectivity index (χ4v) is 3.37. The molecule has 0 saturated heterocycles. The Labute approximate surface area is 161 Å². The number of carboxylic acids is 1. The van der Waals surface area contributed by atoms with Gasteiger partial charge in [0.05, 0.1) is 10.0 Å². The number of amides is 1. The van der Waals surface area contributed by atoms with Crippen LogP contribution in [0.15, 0.2) is 17.7 Å². The maximum atomic E-state index is 12.3. The lowest BCUT2D eigenvalue weighted by atomic mass is 9.95. The maximum Gasteiger partial charge on any atom is 0.341 e. The largest absolute Gasteiger partial charge is 0.479 e. The molecule has 0 unspecified atom stereocenters. The topological polar surface area (TPSA) is 99.4 Å². The van der Waals surface area contributed by atoms with Gasteiger partial charge in [-0.25, -0.2) is 4.79 Å². The molecule has 0 aliphatic heterocycles. The van der Waals surface area contributed by atoms with Crippen LogP contribution in [0, 0.1) is 11.3 Å². The van der Waals surface area contributed by atoms with Crippen molar-refractivity contribution in [2.75, 3.05) is 6.61 Å². The predicted octanol–water partition coefficient (Wildman–Crippen LogP) is 3.81. The van der Waals surface area contributed by atoms with E-state index in [2.05, 4.69) is 5.32 Å². The number of nitriles is 1. The molecule has 8 heteroatoms. The van der Waals surface area contributed by atoms with Crippen LogP contribution in [-0.2, 0) is 9.59 Å². The second kappa shape index (κ2) is 9.46. The van der Waals surface area contributed by atoms with Gasteiger partial charge in [-0.2, -0.15) is 5.26 Å². The SMILES string of the molecule is N#C/C(=C\c1cc(Cl)c(OCC(=O)O)c(Cl)c1)C(=O)NC1CCCCC1. The Morgan fingerprint density at radius 3 is 2.42 bits per heavy atom. The van der Waals surface area contributed by atoms with E-state index in [-0.39, 0.29) is 27.4 Å². The summed E-state index contributed by atoms with van der Waals surface area (Å²) in [5.74, 6) is -1.55. The van der Waals surface area contributed by atoms with Gasteiger partial charge in [0.1, 0.15) is 11.6 Å². The van der Waals surface area contributed by atoms with Crippen LogP contribution in [0.2, 0.25) is 10.0 Å². The fourth-order valence-electron chi connectivity index (χ4n) is 2.76. The second-order valence-electron chi connectivity index (χ2n) is 5.97. The molecule has 1 fully saturated rings. The summed E-state index contributed by atoms with van der Waals surface area (Å²) < 4.78 is 5.03. The van der Waals surface area contributed by atoms with Crippen molar-refractivity contribution >= 4 is 41.2 Å². The van der Waals surface area contributed by atoms with Gasteiger partial charge in [0.2, 0.25) is 0 Å². The zero-order valence-electron chi connectivity index (χ0n) is 13.9. The summed E-state index contributed by atoms with van der Waals surface area (Å²) in [6, 6.07) is 4.89. The number of nitrogens with zero attached hydrogens (tertiary/aromatic N) is 1. The lowest BCUT2D eigenvalue weighted by molar-refractivity contribution is -0.139. The number of aliphatic carboxylic acids is 1. The molecular weight excluding hydrogens is 379 g/mol. The highest BCUT2D eigenvalue weighted by Gasteiger charge is 2.18. The van der Waals surface area contributed by atoms with Crippen LogP contribution in [0.25, 0.3) is 6.08 Å². The number of rotatable bonds is 6. The van der Waals surface area contributed by atoms with Crippen LogP contribution >= 0.6 is 23.2 Å². The van der Waals surface area contributed by atoms with Gasteiger partial charge < -0.3 is 15.2 Å². The van der Waals surface area contributed by atoms with E-state index in [1.165, 1.54) is 24.6 Å². The molecule has 0 bridgehead atoms. The number of benzene rings is 1. The smallest absolute Gasteiger partial charge is 0.341 e. The molecule has 1 aliphatic rings. The number of halogens is 2. The Balaban J connectivity index is 2.16. The quantitative estimate of drug-likeness (QED) is 0.562. The Hall–Kier alpha value is -2.23. The molecule has 0 spiro atoms. The molecule has 2 rings (SSSR count). The monoisotopic (exact) mass is 396 g/mol. The molecule has 1 aromatic rings.